The second kappa shape index (κ2) is 5.00. The summed E-state index contributed by atoms with van der Waals surface area (Å²) in [6.45, 7) is 4.21. The van der Waals surface area contributed by atoms with Crippen molar-refractivity contribution in [1.29, 1.82) is 0 Å². The van der Waals surface area contributed by atoms with Crippen molar-refractivity contribution in [2.75, 3.05) is 0 Å². The van der Waals surface area contributed by atoms with Crippen molar-refractivity contribution in [3.05, 3.63) is 22.4 Å². The number of nitrogens with one attached hydrogen (secondary N) is 1. The zero-order chi connectivity index (χ0) is 12.4. The van der Waals surface area contributed by atoms with Gasteiger partial charge in [-0.1, -0.05) is 19.9 Å². The Morgan fingerprint density at radius 1 is 1.47 bits per heavy atom. The molecule has 3 nitrogen and oxygen atoms in total. The molecule has 1 fully saturated rings. The normalized spacial score (nSPS) is 25.1. The second-order valence-electron chi connectivity index (χ2n) is 4.97. The van der Waals surface area contributed by atoms with Crippen LogP contribution in [-0.2, 0) is 9.59 Å². The molecule has 0 spiro atoms. The van der Waals surface area contributed by atoms with E-state index in [1.54, 1.807) is 11.3 Å². The summed E-state index contributed by atoms with van der Waals surface area (Å²) in [5, 5.41) is 4.45. The maximum Gasteiger partial charge on any atom is 0.230 e. The van der Waals surface area contributed by atoms with Crippen LogP contribution in [-0.4, -0.2) is 11.8 Å². The van der Waals surface area contributed by atoms with E-state index in [9.17, 15) is 9.59 Å². The van der Waals surface area contributed by atoms with E-state index < -0.39 is 0 Å². The quantitative estimate of drug-likeness (QED) is 0.839. The van der Waals surface area contributed by atoms with Crippen LogP contribution in [0.3, 0.4) is 0 Å². The lowest BCUT2D eigenvalue weighted by Gasteiger charge is -2.30. The maximum absolute atomic E-state index is 11.9. The average Bonchev–Trinajstić information content (AvgIpc) is 2.74. The molecule has 0 saturated carbocycles. The molecule has 2 unspecified atom stereocenters. The first-order valence-corrected chi connectivity index (χ1v) is 6.83. The molecule has 1 aliphatic heterocycles. The Hall–Kier alpha value is -1.16. The van der Waals surface area contributed by atoms with Crippen LogP contribution in [0.15, 0.2) is 17.5 Å². The van der Waals surface area contributed by atoms with Crippen molar-refractivity contribution in [2.45, 2.75) is 32.6 Å². The molecule has 0 bridgehead atoms. The molecule has 2 amide bonds. The summed E-state index contributed by atoms with van der Waals surface area (Å²) in [6, 6.07) is 4.00. The van der Waals surface area contributed by atoms with E-state index >= 15 is 0 Å². The molecule has 0 radical (unpaired) electrons. The second-order valence-corrected chi connectivity index (χ2v) is 5.95. The lowest BCUT2D eigenvalue weighted by atomic mass is 9.79. The summed E-state index contributed by atoms with van der Waals surface area (Å²) < 4.78 is 0. The van der Waals surface area contributed by atoms with Crippen LogP contribution in [0.2, 0.25) is 0 Å². The molecular formula is C13H17NO2S. The fraction of sp³-hybridized carbons (Fsp3) is 0.538. The van der Waals surface area contributed by atoms with E-state index in [-0.39, 0.29) is 23.7 Å². The first kappa shape index (κ1) is 12.3. The summed E-state index contributed by atoms with van der Waals surface area (Å²) in [4.78, 5) is 24.6. The first-order chi connectivity index (χ1) is 8.08. The van der Waals surface area contributed by atoms with Crippen LogP contribution in [0.1, 0.15) is 37.5 Å². The molecule has 2 atom stereocenters. The number of hydrogen-bond acceptors (Lipinski definition) is 3. The minimum atomic E-state index is -0.145. The number of carbonyl (C=O) groups is 2. The van der Waals surface area contributed by atoms with Gasteiger partial charge in [0.05, 0.1) is 0 Å². The lowest BCUT2D eigenvalue weighted by Crippen LogP contribution is -2.45. The Morgan fingerprint density at radius 2 is 2.24 bits per heavy atom. The summed E-state index contributed by atoms with van der Waals surface area (Å²) in [5.41, 5.74) is 0. The van der Waals surface area contributed by atoms with Gasteiger partial charge in [0.15, 0.2) is 0 Å². The van der Waals surface area contributed by atoms with E-state index in [1.807, 2.05) is 17.5 Å². The third-order valence-corrected chi connectivity index (χ3v) is 4.13. The van der Waals surface area contributed by atoms with E-state index in [0.717, 1.165) is 11.3 Å². The van der Waals surface area contributed by atoms with Gasteiger partial charge in [-0.15, -0.1) is 11.3 Å². The fourth-order valence-electron chi connectivity index (χ4n) is 2.39. The number of carbonyl (C=O) groups excluding carboxylic acids is 2. The summed E-state index contributed by atoms with van der Waals surface area (Å²) in [6.07, 6.45) is 1.27. The van der Waals surface area contributed by atoms with Crippen molar-refractivity contribution in [2.24, 2.45) is 11.8 Å². The SMILES string of the molecule is CC(C)CC1C(=O)NC(=O)CC1c1cccs1. The zero-order valence-electron chi connectivity index (χ0n) is 10.1. The summed E-state index contributed by atoms with van der Waals surface area (Å²) in [5.74, 6) is 0.216. The molecule has 4 heteroatoms. The van der Waals surface area contributed by atoms with Gasteiger partial charge in [-0.05, 0) is 23.8 Å². The van der Waals surface area contributed by atoms with Crippen LogP contribution in [0.4, 0.5) is 0 Å². The molecule has 1 aromatic rings. The molecule has 0 aliphatic carbocycles. The number of rotatable bonds is 3. The van der Waals surface area contributed by atoms with Crippen LogP contribution < -0.4 is 5.32 Å². The minimum absolute atomic E-state index is 0.0636. The van der Waals surface area contributed by atoms with E-state index in [4.69, 9.17) is 0 Å². The van der Waals surface area contributed by atoms with Gasteiger partial charge in [0, 0.05) is 23.1 Å². The third-order valence-electron chi connectivity index (χ3n) is 3.12. The molecule has 2 heterocycles. The van der Waals surface area contributed by atoms with Crippen LogP contribution in [0.5, 0.6) is 0 Å². The van der Waals surface area contributed by atoms with Gasteiger partial charge in [-0.2, -0.15) is 0 Å². The van der Waals surface area contributed by atoms with E-state index in [0.29, 0.717) is 12.3 Å². The fourth-order valence-corrected chi connectivity index (χ4v) is 3.28. The van der Waals surface area contributed by atoms with Crippen LogP contribution >= 0.6 is 11.3 Å². The average molecular weight is 251 g/mol. The number of imide groups is 1. The third kappa shape index (κ3) is 2.75. The van der Waals surface area contributed by atoms with Crippen molar-refractivity contribution >= 4 is 23.2 Å². The number of hydrogen-bond donors (Lipinski definition) is 1. The largest absolute Gasteiger partial charge is 0.296 e. The Morgan fingerprint density at radius 3 is 2.82 bits per heavy atom. The van der Waals surface area contributed by atoms with Gasteiger partial charge in [0.25, 0.3) is 0 Å². The highest BCUT2D eigenvalue weighted by atomic mass is 32.1. The molecule has 1 N–H and O–H groups in total. The van der Waals surface area contributed by atoms with Gasteiger partial charge < -0.3 is 0 Å². The monoisotopic (exact) mass is 251 g/mol. The highest BCUT2D eigenvalue weighted by Gasteiger charge is 2.37. The Balaban J connectivity index is 2.24. The molecule has 17 heavy (non-hydrogen) atoms. The molecule has 1 saturated heterocycles. The Bertz CT molecular complexity index is 411. The molecular weight excluding hydrogens is 234 g/mol. The van der Waals surface area contributed by atoms with E-state index in [2.05, 4.69) is 19.2 Å². The smallest absolute Gasteiger partial charge is 0.230 e. The number of amides is 2. The van der Waals surface area contributed by atoms with Gasteiger partial charge in [-0.25, -0.2) is 0 Å². The van der Waals surface area contributed by atoms with Gasteiger partial charge >= 0.3 is 0 Å². The Labute approximate surface area is 105 Å². The minimum Gasteiger partial charge on any atom is -0.296 e. The van der Waals surface area contributed by atoms with Crippen molar-refractivity contribution in [1.82, 2.24) is 5.32 Å². The van der Waals surface area contributed by atoms with Gasteiger partial charge in [-0.3, -0.25) is 14.9 Å². The van der Waals surface area contributed by atoms with Crippen LogP contribution in [0.25, 0.3) is 0 Å². The van der Waals surface area contributed by atoms with Crippen molar-refractivity contribution in [3.63, 3.8) is 0 Å². The van der Waals surface area contributed by atoms with Gasteiger partial charge in [0.2, 0.25) is 11.8 Å². The molecule has 1 aromatic heterocycles. The highest BCUT2D eigenvalue weighted by molar-refractivity contribution is 7.10. The predicted molar refractivity (Wildman–Crippen MR) is 67.8 cm³/mol. The number of piperidine rings is 1. The highest BCUT2D eigenvalue weighted by Crippen LogP contribution is 2.37. The molecule has 92 valence electrons. The predicted octanol–water partition coefficient (Wildman–Crippen LogP) is 2.54. The van der Waals surface area contributed by atoms with Crippen molar-refractivity contribution < 1.29 is 9.59 Å². The summed E-state index contributed by atoms with van der Waals surface area (Å²) >= 11 is 1.63. The topological polar surface area (TPSA) is 46.2 Å². The maximum atomic E-state index is 11.9. The molecule has 2 rings (SSSR count). The van der Waals surface area contributed by atoms with Crippen LogP contribution in [0, 0.1) is 11.8 Å². The van der Waals surface area contributed by atoms with Crippen molar-refractivity contribution in [3.8, 4) is 0 Å². The first-order valence-electron chi connectivity index (χ1n) is 5.95. The zero-order valence-corrected chi connectivity index (χ0v) is 10.9. The molecule has 1 aliphatic rings. The summed E-state index contributed by atoms with van der Waals surface area (Å²) in [7, 11) is 0. The van der Waals surface area contributed by atoms with E-state index in [1.165, 1.54) is 0 Å². The number of thiophene rings is 1. The Kier molecular flexibility index (Phi) is 3.62. The standard InChI is InChI=1S/C13H17NO2S/c1-8(2)6-10-9(11-4-3-5-17-11)7-12(15)14-13(10)16/h3-5,8-10H,6-7H2,1-2H3,(H,14,15,16). The molecule has 0 aromatic carbocycles. The lowest BCUT2D eigenvalue weighted by molar-refractivity contribution is -0.137. The van der Waals surface area contributed by atoms with Gasteiger partial charge in [0.1, 0.15) is 0 Å².